The quantitative estimate of drug-likeness (QED) is 0.728. The molecule has 2 aliphatic rings. The van der Waals surface area contributed by atoms with Crippen molar-refractivity contribution in [3.8, 4) is 11.4 Å². The summed E-state index contributed by atoms with van der Waals surface area (Å²) in [5.74, 6) is 1.90. The lowest BCUT2D eigenvalue weighted by Crippen LogP contribution is -2.45. The van der Waals surface area contributed by atoms with Gasteiger partial charge in [-0.15, -0.1) is 12.4 Å². The lowest BCUT2D eigenvalue weighted by molar-refractivity contribution is -0.123. The molecule has 0 spiro atoms. The topological polar surface area (TPSA) is 83.3 Å². The number of piperidine rings is 1. The predicted octanol–water partition coefficient (Wildman–Crippen LogP) is 3.11. The van der Waals surface area contributed by atoms with Crippen LogP contribution in [0, 0.1) is 12.8 Å². The molecule has 4 rings (SSSR count). The highest BCUT2D eigenvalue weighted by Gasteiger charge is 2.29. The van der Waals surface area contributed by atoms with E-state index in [4.69, 9.17) is 4.52 Å². The van der Waals surface area contributed by atoms with Gasteiger partial charge in [0.1, 0.15) is 0 Å². The molecule has 2 fully saturated rings. The summed E-state index contributed by atoms with van der Waals surface area (Å²) in [6.07, 6.45) is 4.28. The van der Waals surface area contributed by atoms with E-state index < -0.39 is 0 Å². The molecular weight excluding hydrogens is 402 g/mol. The molecule has 3 unspecified atom stereocenters. The third-order valence-corrected chi connectivity index (χ3v) is 6.22. The summed E-state index contributed by atoms with van der Waals surface area (Å²) >= 11 is 0. The van der Waals surface area contributed by atoms with Gasteiger partial charge < -0.3 is 15.2 Å². The van der Waals surface area contributed by atoms with Crippen LogP contribution in [0.15, 0.2) is 28.8 Å². The van der Waals surface area contributed by atoms with Crippen LogP contribution in [0.3, 0.4) is 0 Å². The molecule has 0 bridgehead atoms. The Bertz CT molecular complexity index is 836. The molecule has 0 aliphatic carbocycles. The number of hydrogen-bond acceptors (Lipinski definition) is 6. The maximum atomic E-state index is 12.3. The Hall–Kier alpha value is -1.96. The van der Waals surface area contributed by atoms with Crippen LogP contribution in [-0.2, 0) is 4.79 Å². The van der Waals surface area contributed by atoms with Crippen LogP contribution in [-0.4, -0.2) is 53.2 Å². The number of carbonyl (C=O) groups is 1. The zero-order valence-electron chi connectivity index (χ0n) is 17.8. The molecule has 7 nitrogen and oxygen atoms in total. The van der Waals surface area contributed by atoms with Crippen LogP contribution < -0.4 is 10.6 Å². The summed E-state index contributed by atoms with van der Waals surface area (Å²) in [7, 11) is 0. The van der Waals surface area contributed by atoms with Gasteiger partial charge in [0.2, 0.25) is 17.6 Å². The van der Waals surface area contributed by atoms with Gasteiger partial charge in [-0.1, -0.05) is 29.4 Å². The Balaban J connectivity index is 0.00000256. The molecule has 3 atom stereocenters. The van der Waals surface area contributed by atoms with E-state index in [1.807, 2.05) is 18.2 Å². The summed E-state index contributed by atoms with van der Waals surface area (Å²) in [5.41, 5.74) is 2.15. The number of rotatable bonds is 6. The Morgan fingerprint density at radius 2 is 2.17 bits per heavy atom. The van der Waals surface area contributed by atoms with E-state index in [1.165, 1.54) is 0 Å². The van der Waals surface area contributed by atoms with E-state index in [2.05, 4.69) is 45.6 Å². The van der Waals surface area contributed by atoms with Crippen molar-refractivity contribution >= 4 is 18.3 Å². The summed E-state index contributed by atoms with van der Waals surface area (Å²) in [4.78, 5) is 19.3. The number of amides is 1. The van der Waals surface area contributed by atoms with Gasteiger partial charge in [0, 0.05) is 18.7 Å². The lowest BCUT2D eigenvalue weighted by atomic mass is 9.96. The van der Waals surface area contributed by atoms with Gasteiger partial charge in [0.15, 0.2) is 0 Å². The van der Waals surface area contributed by atoms with E-state index in [-0.39, 0.29) is 30.4 Å². The Morgan fingerprint density at radius 3 is 2.93 bits per heavy atom. The number of aromatic nitrogens is 2. The average Bonchev–Trinajstić information content (AvgIpc) is 3.44. The summed E-state index contributed by atoms with van der Waals surface area (Å²) in [5, 5.41) is 10.6. The standard InChI is InChI=1S/C22H31N5O2.ClH/c1-15-7-3-4-9-18(15)20-25-22(29-26-20)16(2)27-12-6-8-17(14-27)13-24-21(28)19-10-5-11-23-19;/h3-4,7,9,16-17,19,23H,5-6,8,10-14H2,1-2H3,(H,24,28);1H. The van der Waals surface area contributed by atoms with E-state index in [9.17, 15) is 4.79 Å². The van der Waals surface area contributed by atoms with E-state index in [0.717, 1.165) is 63.0 Å². The fourth-order valence-corrected chi connectivity index (χ4v) is 4.39. The number of benzene rings is 1. The highest BCUT2D eigenvalue weighted by molar-refractivity contribution is 5.85. The molecule has 30 heavy (non-hydrogen) atoms. The largest absolute Gasteiger partial charge is 0.354 e. The second-order valence-corrected chi connectivity index (χ2v) is 8.34. The lowest BCUT2D eigenvalue weighted by Gasteiger charge is -2.35. The van der Waals surface area contributed by atoms with Gasteiger partial charge >= 0.3 is 0 Å². The average molecular weight is 434 g/mol. The zero-order valence-corrected chi connectivity index (χ0v) is 18.6. The molecule has 1 aromatic carbocycles. The number of carbonyl (C=O) groups excluding carboxylic acids is 1. The molecular formula is C22H32ClN5O2. The third-order valence-electron chi connectivity index (χ3n) is 6.22. The van der Waals surface area contributed by atoms with Crippen LogP contribution in [0.2, 0.25) is 0 Å². The first-order valence-corrected chi connectivity index (χ1v) is 10.8. The molecule has 164 valence electrons. The maximum Gasteiger partial charge on any atom is 0.244 e. The van der Waals surface area contributed by atoms with Crippen molar-refractivity contribution in [1.29, 1.82) is 0 Å². The summed E-state index contributed by atoms with van der Waals surface area (Å²) in [6.45, 7) is 7.80. The highest BCUT2D eigenvalue weighted by atomic mass is 35.5. The first-order chi connectivity index (χ1) is 14.1. The molecule has 2 aliphatic heterocycles. The van der Waals surface area contributed by atoms with E-state index >= 15 is 0 Å². The summed E-state index contributed by atoms with van der Waals surface area (Å²) in [6, 6.07) is 8.14. The minimum atomic E-state index is -0.00752. The molecule has 3 heterocycles. The van der Waals surface area contributed by atoms with Gasteiger partial charge in [-0.05, 0) is 64.1 Å². The number of hydrogen-bond donors (Lipinski definition) is 2. The molecule has 0 saturated carbocycles. The number of halogens is 1. The fourth-order valence-electron chi connectivity index (χ4n) is 4.39. The van der Waals surface area contributed by atoms with Crippen LogP contribution in [0.25, 0.3) is 11.4 Å². The van der Waals surface area contributed by atoms with Crippen molar-refractivity contribution in [2.45, 2.75) is 51.6 Å². The van der Waals surface area contributed by atoms with Gasteiger partial charge in [-0.25, -0.2) is 0 Å². The van der Waals surface area contributed by atoms with Crippen molar-refractivity contribution in [1.82, 2.24) is 25.7 Å². The molecule has 8 heteroatoms. The smallest absolute Gasteiger partial charge is 0.244 e. The SMILES string of the molecule is Cc1ccccc1-c1noc(C(C)N2CCCC(CNC(=O)C3CCCN3)C2)n1.Cl. The molecule has 0 radical (unpaired) electrons. The predicted molar refractivity (Wildman–Crippen MR) is 118 cm³/mol. The summed E-state index contributed by atoms with van der Waals surface area (Å²) < 4.78 is 5.61. The first kappa shape index (κ1) is 22.7. The number of nitrogens with zero attached hydrogens (tertiary/aromatic N) is 3. The fraction of sp³-hybridized carbons (Fsp3) is 0.591. The molecule has 2 saturated heterocycles. The number of aryl methyl sites for hydroxylation is 1. The van der Waals surface area contributed by atoms with Crippen molar-refractivity contribution < 1.29 is 9.32 Å². The Kier molecular flexibility index (Phi) is 7.86. The van der Waals surface area contributed by atoms with Gasteiger partial charge in [0.25, 0.3) is 0 Å². The third kappa shape index (κ3) is 5.20. The van der Waals surface area contributed by atoms with Gasteiger partial charge in [-0.3, -0.25) is 9.69 Å². The van der Waals surface area contributed by atoms with Crippen molar-refractivity contribution in [3.63, 3.8) is 0 Å². The first-order valence-electron chi connectivity index (χ1n) is 10.8. The highest BCUT2D eigenvalue weighted by Crippen LogP contribution is 2.28. The maximum absolute atomic E-state index is 12.3. The van der Waals surface area contributed by atoms with Crippen LogP contribution >= 0.6 is 12.4 Å². The number of likely N-dealkylation sites (tertiary alicyclic amines) is 1. The van der Waals surface area contributed by atoms with Gasteiger partial charge in [-0.2, -0.15) is 4.98 Å². The van der Waals surface area contributed by atoms with Crippen LogP contribution in [0.1, 0.15) is 50.1 Å². The second kappa shape index (κ2) is 10.4. The molecule has 1 amide bonds. The monoisotopic (exact) mass is 433 g/mol. The Labute approximate surface area is 184 Å². The zero-order chi connectivity index (χ0) is 20.2. The Morgan fingerprint density at radius 1 is 1.33 bits per heavy atom. The minimum absolute atomic E-state index is 0. The minimum Gasteiger partial charge on any atom is -0.354 e. The van der Waals surface area contributed by atoms with Crippen molar-refractivity contribution in [2.24, 2.45) is 5.92 Å². The van der Waals surface area contributed by atoms with Crippen molar-refractivity contribution in [2.75, 3.05) is 26.2 Å². The molecule has 1 aromatic heterocycles. The van der Waals surface area contributed by atoms with Crippen molar-refractivity contribution in [3.05, 3.63) is 35.7 Å². The normalized spacial score (nSPS) is 23.0. The van der Waals surface area contributed by atoms with Crippen LogP contribution in [0.5, 0.6) is 0 Å². The molecule has 2 N–H and O–H groups in total. The van der Waals surface area contributed by atoms with Crippen LogP contribution in [0.4, 0.5) is 0 Å². The second-order valence-electron chi connectivity index (χ2n) is 8.34. The van der Waals surface area contributed by atoms with E-state index in [0.29, 0.717) is 17.6 Å². The van der Waals surface area contributed by atoms with Gasteiger partial charge in [0.05, 0.1) is 12.1 Å². The molecule has 2 aromatic rings. The van der Waals surface area contributed by atoms with E-state index in [1.54, 1.807) is 0 Å². The number of nitrogens with one attached hydrogen (secondary N) is 2.